The molecule has 6 nitrogen and oxygen atoms in total. The standard InChI is InChI=1S/C12H19N3O3/c1-12(2,3)18-11(16)15-7-5-14(6-8-15)10-13-4-9-17-10/h4,9H,5-8H2,1-3H3. The number of carbonyl (C=O) groups excluding carboxylic acids is 1. The van der Waals surface area contributed by atoms with Crippen LogP contribution in [0, 0.1) is 0 Å². The van der Waals surface area contributed by atoms with Crippen molar-refractivity contribution in [1.82, 2.24) is 9.88 Å². The molecule has 0 N–H and O–H groups in total. The summed E-state index contributed by atoms with van der Waals surface area (Å²) < 4.78 is 10.6. The number of hydrogen-bond donors (Lipinski definition) is 0. The van der Waals surface area contributed by atoms with E-state index >= 15 is 0 Å². The molecule has 1 aromatic heterocycles. The third-order valence-corrected chi connectivity index (χ3v) is 2.62. The summed E-state index contributed by atoms with van der Waals surface area (Å²) in [5.74, 6) is 0. The van der Waals surface area contributed by atoms with Crippen LogP contribution in [0.15, 0.2) is 16.9 Å². The summed E-state index contributed by atoms with van der Waals surface area (Å²) in [5.41, 5.74) is -0.448. The molecule has 0 bridgehead atoms. The molecule has 1 aromatic rings. The van der Waals surface area contributed by atoms with E-state index in [1.165, 1.54) is 0 Å². The molecule has 1 amide bonds. The number of anilines is 1. The van der Waals surface area contributed by atoms with E-state index in [1.54, 1.807) is 17.4 Å². The second-order valence-electron chi connectivity index (χ2n) is 5.27. The monoisotopic (exact) mass is 253 g/mol. The zero-order chi connectivity index (χ0) is 13.2. The lowest BCUT2D eigenvalue weighted by Crippen LogP contribution is -2.50. The van der Waals surface area contributed by atoms with Gasteiger partial charge in [-0.25, -0.2) is 9.78 Å². The van der Waals surface area contributed by atoms with Gasteiger partial charge in [0.2, 0.25) is 0 Å². The molecule has 0 spiro atoms. The first-order chi connectivity index (χ1) is 8.46. The molecular weight excluding hydrogens is 234 g/mol. The maximum absolute atomic E-state index is 11.9. The fourth-order valence-corrected chi connectivity index (χ4v) is 1.78. The lowest BCUT2D eigenvalue weighted by Gasteiger charge is -2.34. The molecule has 0 atom stereocenters. The van der Waals surface area contributed by atoms with Crippen LogP contribution in [0.3, 0.4) is 0 Å². The Hall–Kier alpha value is -1.72. The van der Waals surface area contributed by atoms with Gasteiger partial charge in [0.15, 0.2) is 0 Å². The van der Waals surface area contributed by atoms with Crippen molar-refractivity contribution in [1.29, 1.82) is 0 Å². The molecule has 0 radical (unpaired) electrons. The molecule has 0 unspecified atom stereocenters. The Morgan fingerprint density at radius 3 is 2.50 bits per heavy atom. The van der Waals surface area contributed by atoms with Crippen LogP contribution in [0.1, 0.15) is 20.8 Å². The van der Waals surface area contributed by atoms with E-state index in [0.29, 0.717) is 32.2 Å². The molecule has 18 heavy (non-hydrogen) atoms. The third-order valence-electron chi connectivity index (χ3n) is 2.62. The van der Waals surface area contributed by atoms with Crippen molar-refractivity contribution in [3.63, 3.8) is 0 Å². The maximum Gasteiger partial charge on any atom is 0.410 e. The Morgan fingerprint density at radius 1 is 1.33 bits per heavy atom. The highest BCUT2D eigenvalue weighted by molar-refractivity contribution is 5.68. The Kier molecular flexibility index (Phi) is 3.45. The van der Waals surface area contributed by atoms with Crippen molar-refractivity contribution in [2.24, 2.45) is 0 Å². The number of aromatic nitrogens is 1. The largest absolute Gasteiger partial charge is 0.444 e. The second kappa shape index (κ2) is 4.88. The molecule has 1 aliphatic heterocycles. The number of amides is 1. The SMILES string of the molecule is CC(C)(C)OC(=O)N1CCN(c2ncco2)CC1. The Morgan fingerprint density at radius 2 is 2.00 bits per heavy atom. The van der Waals surface area contributed by atoms with Gasteiger partial charge in [0, 0.05) is 26.2 Å². The molecule has 0 saturated carbocycles. The van der Waals surface area contributed by atoms with Crippen LogP contribution >= 0.6 is 0 Å². The van der Waals surface area contributed by atoms with E-state index < -0.39 is 5.60 Å². The van der Waals surface area contributed by atoms with Gasteiger partial charge in [0.1, 0.15) is 11.9 Å². The average Bonchev–Trinajstić information content (AvgIpc) is 2.80. The van der Waals surface area contributed by atoms with E-state index in [1.807, 2.05) is 25.7 Å². The predicted octanol–water partition coefficient (Wildman–Crippen LogP) is 1.73. The van der Waals surface area contributed by atoms with Gasteiger partial charge in [-0.2, -0.15) is 0 Å². The van der Waals surface area contributed by atoms with E-state index in [2.05, 4.69) is 4.98 Å². The van der Waals surface area contributed by atoms with Gasteiger partial charge in [-0.1, -0.05) is 0 Å². The number of hydrogen-bond acceptors (Lipinski definition) is 5. The Balaban J connectivity index is 1.85. The van der Waals surface area contributed by atoms with E-state index in [4.69, 9.17) is 9.15 Å². The summed E-state index contributed by atoms with van der Waals surface area (Å²) in [7, 11) is 0. The minimum Gasteiger partial charge on any atom is -0.444 e. The first-order valence-electron chi connectivity index (χ1n) is 6.08. The van der Waals surface area contributed by atoms with Gasteiger partial charge in [0.05, 0.1) is 6.20 Å². The molecule has 1 fully saturated rings. The van der Waals surface area contributed by atoms with Crippen molar-refractivity contribution in [3.05, 3.63) is 12.5 Å². The topological polar surface area (TPSA) is 58.8 Å². The lowest BCUT2D eigenvalue weighted by atomic mass is 10.2. The summed E-state index contributed by atoms with van der Waals surface area (Å²) in [6.07, 6.45) is 2.92. The van der Waals surface area contributed by atoms with Crippen LogP contribution in [0.2, 0.25) is 0 Å². The first-order valence-corrected chi connectivity index (χ1v) is 6.08. The quantitative estimate of drug-likeness (QED) is 0.763. The molecule has 0 aliphatic carbocycles. The Bertz CT molecular complexity index is 389. The average molecular weight is 253 g/mol. The van der Waals surface area contributed by atoms with Crippen LogP contribution in [0.25, 0.3) is 0 Å². The molecule has 100 valence electrons. The summed E-state index contributed by atoms with van der Waals surface area (Å²) in [4.78, 5) is 19.7. The van der Waals surface area contributed by atoms with Crippen molar-refractivity contribution in [3.8, 4) is 0 Å². The van der Waals surface area contributed by atoms with E-state index in [0.717, 1.165) is 0 Å². The fraction of sp³-hybridized carbons (Fsp3) is 0.667. The number of piperazine rings is 1. The van der Waals surface area contributed by atoms with Gasteiger partial charge < -0.3 is 19.0 Å². The number of rotatable bonds is 1. The fourth-order valence-electron chi connectivity index (χ4n) is 1.78. The van der Waals surface area contributed by atoms with Crippen LogP contribution < -0.4 is 4.90 Å². The summed E-state index contributed by atoms with van der Waals surface area (Å²) in [6, 6.07) is 0.610. The summed E-state index contributed by atoms with van der Waals surface area (Å²) in [6.45, 7) is 8.27. The van der Waals surface area contributed by atoms with Crippen molar-refractivity contribution in [2.45, 2.75) is 26.4 Å². The normalized spacial score (nSPS) is 16.8. The van der Waals surface area contributed by atoms with Crippen molar-refractivity contribution < 1.29 is 13.9 Å². The molecule has 1 saturated heterocycles. The van der Waals surface area contributed by atoms with Gasteiger partial charge in [-0.05, 0) is 20.8 Å². The predicted molar refractivity (Wildman–Crippen MR) is 66.5 cm³/mol. The second-order valence-corrected chi connectivity index (χ2v) is 5.27. The van der Waals surface area contributed by atoms with Crippen LogP contribution in [0.5, 0.6) is 0 Å². The van der Waals surface area contributed by atoms with Gasteiger partial charge in [-0.15, -0.1) is 0 Å². The van der Waals surface area contributed by atoms with Gasteiger partial charge >= 0.3 is 6.09 Å². The molecular formula is C12H19N3O3. The van der Waals surface area contributed by atoms with Crippen LogP contribution in [-0.2, 0) is 4.74 Å². The third kappa shape index (κ3) is 3.15. The zero-order valence-corrected chi connectivity index (χ0v) is 11.0. The number of carbonyl (C=O) groups is 1. The maximum atomic E-state index is 11.9. The van der Waals surface area contributed by atoms with E-state index in [9.17, 15) is 4.79 Å². The number of nitrogens with zero attached hydrogens (tertiary/aromatic N) is 3. The van der Waals surface area contributed by atoms with Crippen molar-refractivity contribution >= 4 is 12.1 Å². The smallest absolute Gasteiger partial charge is 0.410 e. The summed E-state index contributed by atoms with van der Waals surface area (Å²) in [5, 5.41) is 0. The minimum atomic E-state index is -0.448. The van der Waals surface area contributed by atoms with Gasteiger partial charge in [0.25, 0.3) is 6.01 Å². The summed E-state index contributed by atoms with van der Waals surface area (Å²) >= 11 is 0. The van der Waals surface area contributed by atoms with Crippen LogP contribution in [0.4, 0.5) is 10.8 Å². The highest BCUT2D eigenvalue weighted by Crippen LogP contribution is 2.15. The Labute approximate surface area is 107 Å². The molecule has 1 aliphatic rings. The first kappa shape index (κ1) is 12.7. The molecule has 0 aromatic carbocycles. The van der Waals surface area contributed by atoms with Gasteiger partial charge in [-0.3, -0.25) is 0 Å². The minimum absolute atomic E-state index is 0.255. The number of ether oxygens (including phenoxy) is 1. The lowest BCUT2D eigenvalue weighted by molar-refractivity contribution is 0.0239. The number of oxazole rings is 1. The van der Waals surface area contributed by atoms with E-state index in [-0.39, 0.29) is 6.09 Å². The molecule has 2 rings (SSSR count). The highest BCUT2D eigenvalue weighted by atomic mass is 16.6. The molecule has 6 heteroatoms. The zero-order valence-electron chi connectivity index (χ0n) is 11.0. The molecule has 2 heterocycles. The van der Waals surface area contributed by atoms with Crippen molar-refractivity contribution in [2.75, 3.05) is 31.1 Å². The highest BCUT2D eigenvalue weighted by Gasteiger charge is 2.26. The van der Waals surface area contributed by atoms with Crippen LogP contribution in [-0.4, -0.2) is 47.8 Å².